The van der Waals surface area contributed by atoms with Crippen LogP contribution in [-0.2, 0) is 4.79 Å². The lowest BCUT2D eigenvalue weighted by Gasteiger charge is -2.12. The molecule has 3 amide bonds. The molecule has 0 radical (unpaired) electrons. The number of hydrogen-bond acceptors (Lipinski definition) is 3. The predicted molar refractivity (Wildman–Crippen MR) is 39.9 cm³/mol. The molecule has 1 fully saturated rings. The highest BCUT2D eigenvalue weighted by Crippen LogP contribution is 2.03. The van der Waals surface area contributed by atoms with E-state index in [9.17, 15) is 9.59 Å². The molecule has 12 heavy (non-hydrogen) atoms. The van der Waals surface area contributed by atoms with Crippen molar-refractivity contribution in [1.82, 2.24) is 10.2 Å². The van der Waals surface area contributed by atoms with Gasteiger partial charge in [0, 0.05) is 6.54 Å². The van der Waals surface area contributed by atoms with E-state index in [2.05, 4.69) is 5.32 Å². The minimum atomic E-state index is -0.401. The average molecular weight is 167 g/mol. The number of amides is 3. The van der Waals surface area contributed by atoms with Gasteiger partial charge >= 0.3 is 6.03 Å². The van der Waals surface area contributed by atoms with Gasteiger partial charge in [-0.2, -0.15) is 5.26 Å². The minimum absolute atomic E-state index is 0.0526. The molecule has 1 saturated heterocycles. The number of urea groups is 1. The molecule has 1 unspecified atom stereocenters. The first kappa shape index (κ1) is 8.53. The number of nitrogens with one attached hydrogen (secondary N) is 1. The van der Waals surface area contributed by atoms with Crippen molar-refractivity contribution in [3.8, 4) is 6.07 Å². The first-order valence-corrected chi connectivity index (χ1v) is 3.63. The molecule has 0 aromatic heterocycles. The van der Waals surface area contributed by atoms with Crippen molar-refractivity contribution in [2.24, 2.45) is 5.92 Å². The summed E-state index contributed by atoms with van der Waals surface area (Å²) in [5, 5.41) is 10.8. The van der Waals surface area contributed by atoms with Crippen LogP contribution in [0.3, 0.4) is 0 Å². The molecule has 0 bridgehead atoms. The van der Waals surface area contributed by atoms with Gasteiger partial charge in [0.25, 0.3) is 0 Å². The molecule has 1 rings (SSSR count). The molecule has 1 N–H and O–H groups in total. The summed E-state index contributed by atoms with van der Waals surface area (Å²) < 4.78 is 0. The van der Waals surface area contributed by atoms with Gasteiger partial charge in [-0.25, -0.2) is 4.79 Å². The highest BCUT2D eigenvalue weighted by molar-refractivity contribution is 6.01. The lowest BCUT2D eigenvalue weighted by molar-refractivity contribution is -0.125. The maximum Gasteiger partial charge on any atom is 0.324 e. The Hall–Kier alpha value is -1.57. The minimum Gasteiger partial charge on any atom is -0.329 e. The van der Waals surface area contributed by atoms with E-state index < -0.39 is 6.03 Å². The Morgan fingerprint density at radius 1 is 1.75 bits per heavy atom. The number of carbonyl (C=O) groups is 2. The maximum absolute atomic E-state index is 11.0. The van der Waals surface area contributed by atoms with Crippen LogP contribution in [0.15, 0.2) is 0 Å². The van der Waals surface area contributed by atoms with Gasteiger partial charge < -0.3 is 5.32 Å². The van der Waals surface area contributed by atoms with E-state index in [-0.39, 0.29) is 24.9 Å². The lowest BCUT2D eigenvalue weighted by atomic mass is 10.2. The van der Waals surface area contributed by atoms with Gasteiger partial charge in [-0.3, -0.25) is 9.69 Å². The monoisotopic (exact) mass is 167 g/mol. The number of carbonyl (C=O) groups excluding carboxylic acids is 2. The standard InChI is InChI=1S/C7H9N3O2/c1-5(2-8)4-10-6(11)3-9-7(10)12/h5H,3-4H2,1H3,(H,9,12). The second-order valence-corrected chi connectivity index (χ2v) is 2.69. The largest absolute Gasteiger partial charge is 0.329 e. The van der Waals surface area contributed by atoms with Crippen molar-refractivity contribution >= 4 is 11.9 Å². The fourth-order valence-electron chi connectivity index (χ4n) is 0.955. The van der Waals surface area contributed by atoms with Gasteiger partial charge in [0.1, 0.15) is 0 Å². The zero-order chi connectivity index (χ0) is 9.14. The number of hydrogen-bond donors (Lipinski definition) is 1. The van der Waals surface area contributed by atoms with Crippen LogP contribution < -0.4 is 5.32 Å². The van der Waals surface area contributed by atoms with Crippen LogP contribution in [0, 0.1) is 17.2 Å². The van der Waals surface area contributed by atoms with E-state index in [1.807, 2.05) is 6.07 Å². The van der Waals surface area contributed by atoms with E-state index >= 15 is 0 Å². The number of imide groups is 1. The molecular formula is C7H9N3O2. The Kier molecular flexibility index (Phi) is 2.29. The predicted octanol–water partition coefficient (Wildman–Crippen LogP) is -0.302. The van der Waals surface area contributed by atoms with Crippen molar-refractivity contribution in [1.29, 1.82) is 5.26 Å². The molecule has 0 aromatic carbocycles. The molecule has 1 heterocycles. The molecule has 0 aromatic rings. The Balaban J connectivity index is 2.57. The Morgan fingerprint density at radius 3 is 2.83 bits per heavy atom. The van der Waals surface area contributed by atoms with Crippen LogP contribution in [0.25, 0.3) is 0 Å². The van der Waals surface area contributed by atoms with Crippen LogP contribution >= 0.6 is 0 Å². The smallest absolute Gasteiger partial charge is 0.324 e. The van der Waals surface area contributed by atoms with Crippen LogP contribution in [0.5, 0.6) is 0 Å². The van der Waals surface area contributed by atoms with Crippen molar-refractivity contribution in [2.75, 3.05) is 13.1 Å². The van der Waals surface area contributed by atoms with E-state index in [0.717, 1.165) is 4.90 Å². The van der Waals surface area contributed by atoms with Gasteiger partial charge in [0.05, 0.1) is 18.5 Å². The van der Waals surface area contributed by atoms with Crippen LogP contribution in [0.2, 0.25) is 0 Å². The molecule has 5 nitrogen and oxygen atoms in total. The molecule has 1 aliphatic rings. The third-order valence-corrected chi connectivity index (χ3v) is 1.61. The molecular weight excluding hydrogens is 158 g/mol. The van der Waals surface area contributed by atoms with Crippen molar-refractivity contribution in [3.63, 3.8) is 0 Å². The summed E-state index contributed by atoms with van der Waals surface area (Å²) in [6.07, 6.45) is 0. The SMILES string of the molecule is CC(C#N)CN1C(=O)CNC1=O. The summed E-state index contributed by atoms with van der Waals surface area (Å²) in [6.45, 7) is 1.90. The van der Waals surface area contributed by atoms with E-state index in [4.69, 9.17) is 5.26 Å². The van der Waals surface area contributed by atoms with Crippen molar-refractivity contribution in [2.45, 2.75) is 6.92 Å². The maximum atomic E-state index is 11.0. The van der Waals surface area contributed by atoms with E-state index in [1.54, 1.807) is 6.92 Å². The highest BCUT2D eigenvalue weighted by Gasteiger charge is 2.29. The molecule has 0 spiro atoms. The van der Waals surface area contributed by atoms with Crippen LogP contribution in [-0.4, -0.2) is 29.9 Å². The highest BCUT2D eigenvalue weighted by atomic mass is 16.2. The summed E-state index contributed by atoms with van der Waals surface area (Å²) in [5.41, 5.74) is 0. The second-order valence-electron chi connectivity index (χ2n) is 2.69. The first-order chi connectivity index (χ1) is 5.65. The summed E-state index contributed by atoms with van der Waals surface area (Å²) in [7, 11) is 0. The Labute approximate surface area is 69.9 Å². The zero-order valence-corrected chi connectivity index (χ0v) is 6.70. The number of nitrogens with zero attached hydrogens (tertiary/aromatic N) is 2. The van der Waals surface area contributed by atoms with Gasteiger partial charge in [-0.1, -0.05) is 0 Å². The molecule has 1 atom stereocenters. The molecule has 0 aliphatic carbocycles. The fourth-order valence-corrected chi connectivity index (χ4v) is 0.955. The molecule has 64 valence electrons. The third kappa shape index (κ3) is 1.53. The van der Waals surface area contributed by atoms with Crippen LogP contribution in [0.1, 0.15) is 6.92 Å². The van der Waals surface area contributed by atoms with Gasteiger partial charge in [0.2, 0.25) is 5.91 Å². The van der Waals surface area contributed by atoms with E-state index in [0.29, 0.717) is 0 Å². The quantitative estimate of drug-likeness (QED) is 0.574. The van der Waals surface area contributed by atoms with Gasteiger partial charge in [0.15, 0.2) is 0 Å². The fraction of sp³-hybridized carbons (Fsp3) is 0.571. The van der Waals surface area contributed by atoms with Gasteiger partial charge in [-0.15, -0.1) is 0 Å². The summed E-state index contributed by atoms with van der Waals surface area (Å²) in [4.78, 5) is 23.0. The molecule has 1 aliphatic heterocycles. The molecule has 5 heteroatoms. The van der Waals surface area contributed by atoms with Crippen molar-refractivity contribution < 1.29 is 9.59 Å². The molecule has 0 saturated carbocycles. The van der Waals surface area contributed by atoms with Crippen molar-refractivity contribution in [3.05, 3.63) is 0 Å². The van der Waals surface area contributed by atoms with Gasteiger partial charge in [-0.05, 0) is 6.92 Å². The average Bonchev–Trinajstić information content (AvgIpc) is 2.35. The topological polar surface area (TPSA) is 73.2 Å². The third-order valence-electron chi connectivity index (χ3n) is 1.61. The number of nitriles is 1. The second kappa shape index (κ2) is 3.22. The Bertz CT molecular complexity index is 240. The number of rotatable bonds is 2. The first-order valence-electron chi connectivity index (χ1n) is 3.63. The lowest BCUT2D eigenvalue weighted by Crippen LogP contribution is -2.34. The normalized spacial score (nSPS) is 18.8. The summed E-state index contributed by atoms with van der Waals surface area (Å²) >= 11 is 0. The summed E-state index contributed by atoms with van der Waals surface area (Å²) in [6, 6.07) is 1.56. The van der Waals surface area contributed by atoms with E-state index in [1.165, 1.54) is 0 Å². The van der Waals surface area contributed by atoms with Crippen LogP contribution in [0.4, 0.5) is 4.79 Å². The Morgan fingerprint density at radius 2 is 2.42 bits per heavy atom. The summed E-state index contributed by atoms with van der Waals surface area (Å²) in [5.74, 6) is -0.570. The zero-order valence-electron chi connectivity index (χ0n) is 6.70.